The van der Waals surface area contributed by atoms with E-state index in [1.165, 1.54) is 173 Å². The van der Waals surface area contributed by atoms with Crippen molar-refractivity contribution in [1.82, 2.24) is 10.3 Å². The van der Waals surface area contributed by atoms with Crippen molar-refractivity contribution in [3.8, 4) is 0 Å². The summed E-state index contributed by atoms with van der Waals surface area (Å²) in [5.74, 6) is -0.284. The van der Waals surface area contributed by atoms with Crippen LogP contribution in [0.1, 0.15) is 251 Å². The Morgan fingerprint density at radius 3 is 1.53 bits per heavy atom. The molecule has 1 aliphatic rings. The van der Waals surface area contributed by atoms with Gasteiger partial charge in [0.15, 0.2) is 6.29 Å². The first-order chi connectivity index (χ1) is 35.7. The number of carbonyl (C=O) groups excluding carboxylic acids is 2. The number of ether oxygens (including phenoxy) is 3. The van der Waals surface area contributed by atoms with Crippen molar-refractivity contribution < 1.29 is 49.3 Å². The summed E-state index contributed by atoms with van der Waals surface area (Å²) in [6.45, 7) is 3.67. The molecule has 1 saturated heterocycles. The molecule has 1 aromatic carbocycles. The first kappa shape index (κ1) is 64.4. The van der Waals surface area contributed by atoms with Crippen molar-refractivity contribution in [2.75, 3.05) is 18.5 Å². The predicted octanol–water partition coefficient (Wildman–Crippen LogP) is 13.3. The van der Waals surface area contributed by atoms with E-state index in [4.69, 9.17) is 14.2 Å². The Hall–Kier alpha value is -2.91. The Kier molecular flexibility index (Phi) is 37.2. The third-order valence-electron chi connectivity index (χ3n) is 14.9. The highest BCUT2D eigenvalue weighted by Crippen LogP contribution is 2.25. The number of aliphatic hydroxyl groups excluding tert-OH is 5. The van der Waals surface area contributed by atoms with Gasteiger partial charge in [-0.05, 0) is 25.0 Å². The van der Waals surface area contributed by atoms with E-state index in [9.17, 15) is 35.1 Å². The zero-order valence-electron chi connectivity index (χ0n) is 45.9. The SMILES string of the molecule is CCCCCCCCCCCCCCCCCCCCCCCCCC(=O)N[C@@H](CO[C@H]1O[C@H](COC(=O)Nc2ccnc3ccccc23)[C@H](O)[C@H](O)[C@H]1O)[C@H](O)[C@H](O)CCCCCCCCCCCCCC. The van der Waals surface area contributed by atoms with Gasteiger partial charge in [-0.3, -0.25) is 15.1 Å². The molecule has 2 heterocycles. The molecule has 0 aliphatic carbocycles. The summed E-state index contributed by atoms with van der Waals surface area (Å²) in [5, 5.41) is 61.2. The smallest absolute Gasteiger partial charge is 0.411 e. The number of hydrogen-bond donors (Lipinski definition) is 7. The van der Waals surface area contributed by atoms with Gasteiger partial charge in [0.05, 0.1) is 30.0 Å². The van der Waals surface area contributed by atoms with Crippen LogP contribution < -0.4 is 10.6 Å². The average Bonchev–Trinajstić information content (AvgIpc) is 3.39. The Bertz CT molecular complexity index is 1650. The first-order valence-corrected chi connectivity index (χ1v) is 29.9. The van der Waals surface area contributed by atoms with Crippen molar-refractivity contribution in [2.45, 2.75) is 300 Å². The summed E-state index contributed by atoms with van der Waals surface area (Å²) >= 11 is 0. The summed E-state index contributed by atoms with van der Waals surface area (Å²) < 4.78 is 17.1. The lowest BCUT2D eigenvalue weighted by molar-refractivity contribution is -0.302. The summed E-state index contributed by atoms with van der Waals surface area (Å²) in [4.78, 5) is 30.4. The van der Waals surface area contributed by atoms with E-state index in [2.05, 4.69) is 29.5 Å². The number of unbranched alkanes of at least 4 members (excludes halogenated alkanes) is 33. The minimum atomic E-state index is -1.72. The Balaban J connectivity index is 1.37. The van der Waals surface area contributed by atoms with Crippen molar-refractivity contribution in [1.29, 1.82) is 0 Å². The maximum absolute atomic E-state index is 13.3. The van der Waals surface area contributed by atoms with Gasteiger partial charge in [-0.1, -0.05) is 250 Å². The lowest BCUT2D eigenvalue weighted by Gasteiger charge is -2.40. The number of nitrogens with zero attached hydrogens (tertiary/aromatic N) is 1. The van der Waals surface area contributed by atoms with Gasteiger partial charge in [0, 0.05) is 18.0 Å². The maximum atomic E-state index is 13.3. The number of amides is 2. The number of rotatable bonds is 46. The van der Waals surface area contributed by atoms with Crippen LogP contribution in [-0.4, -0.2) is 105 Å². The molecule has 7 N–H and O–H groups in total. The van der Waals surface area contributed by atoms with Crippen LogP contribution in [-0.2, 0) is 19.0 Å². The fourth-order valence-corrected chi connectivity index (χ4v) is 10.1. The molecule has 3 rings (SSSR count). The zero-order chi connectivity index (χ0) is 52.6. The second-order valence-electron chi connectivity index (χ2n) is 21.4. The summed E-state index contributed by atoms with van der Waals surface area (Å²) in [7, 11) is 0. The normalized spacial score (nSPS) is 19.2. The number of fused-ring (bicyclic) bond motifs is 1. The molecule has 8 atom stereocenters. The molecule has 0 bridgehead atoms. The molecule has 0 spiro atoms. The summed E-state index contributed by atoms with van der Waals surface area (Å²) in [6, 6.07) is 7.84. The predicted molar refractivity (Wildman–Crippen MR) is 295 cm³/mol. The molecule has 2 aromatic rings. The molecule has 0 unspecified atom stereocenters. The molecule has 73 heavy (non-hydrogen) atoms. The average molecular weight is 1030 g/mol. The summed E-state index contributed by atoms with van der Waals surface area (Å²) in [6.07, 6.45) is 34.9. The van der Waals surface area contributed by atoms with Crippen LogP contribution in [0.2, 0.25) is 0 Å². The lowest BCUT2D eigenvalue weighted by Crippen LogP contribution is -2.60. The molecule has 13 heteroatoms. The monoisotopic (exact) mass is 1030 g/mol. The van der Waals surface area contributed by atoms with Crippen LogP contribution in [0.3, 0.4) is 0 Å². The van der Waals surface area contributed by atoms with E-state index in [-0.39, 0.29) is 18.9 Å². The highest BCUT2D eigenvalue weighted by Gasteiger charge is 2.45. The number of benzene rings is 1. The fraction of sp³-hybridized carbons (Fsp3) is 0.817. The van der Waals surface area contributed by atoms with Crippen molar-refractivity contribution in [3.63, 3.8) is 0 Å². The second kappa shape index (κ2) is 42.2. The zero-order valence-corrected chi connectivity index (χ0v) is 45.9. The molecule has 1 fully saturated rings. The van der Waals surface area contributed by atoms with Gasteiger partial charge in [-0.15, -0.1) is 0 Å². The van der Waals surface area contributed by atoms with Crippen molar-refractivity contribution in [2.24, 2.45) is 0 Å². The van der Waals surface area contributed by atoms with Crippen molar-refractivity contribution in [3.05, 3.63) is 36.5 Å². The van der Waals surface area contributed by atoms with E-state index >= 15 is 0 Å². The molecule has 1 aromatic heterocycles. The third-order valence-corrected chi connectivity index (χ3v) is 14.9. The molecule has 1 aliphatic heterocycles. The van der Waals surface area contributed by atoms with Gasteiger partial charge in [-0.25, -0.2) is 4.79 Å². The Morgan fingerprint density at radius 2 is 1.04 bits per heavy atom. The highest BCUT2D eigenvalue weighted by atomic mass is 16.7. The molecule has 0 saturated carbocycles. The largest absolute Gasteiger partial charge is 0.446 e. The van der Waals surface area contributed by atoms with Crippen LogP contribution in [0.5, 0.6) is 0 Å². The minimum absolute atomic E-state index is 0.251. The quantitative estimate of drug-likeness (QED) is 0.0311. The fourth-order valence-electron chi connectivity index (χ4n) is 10.1. The number of nitrogens with one attached hydrogen (secondary N) is 2. The van der Waals surface area contributed by atoms with Crippen LogP contribution in [0, 0.1) is 0 Å². The molecule has 13 nitrogen and oxygen atoms in total. The van der Waals surface area contributed by atoms with Gasteiger partial charge < -0.3 is 45.1 Å². The van der Waals surface area contributed by atoms with Crippen LogP contribution in [0.25, 0.3) is 10.9 Å². The van der Waals surface area contributed by atoms with E-state index in [0.29, 0.717) is 29.4 Å². The molecule has 2 amide bonds. The topological polar surface area (TPSA) is 200 Å². The number of hydrogen-bond acceptors (Lipinski definition) is 11. The van der Waals surface area contributed by atoms with Gasteiger partial charge >= 0.3 is 6.09 Å². The van der Waals surface area contributed by atoms with E-state index in [1.54, 1.807) is 18.3 Å². The van der Waals surface area contributed by atoms with Gasteiger partial charge in [0.2, 0.25) is 5.91 Å². The summed E-state index contributed by atoms with van der Waals surface area (Å²) in [5.41, 5.74) is 1.15. The highest BCUT2D eigenvalue weighted by molar-refractivity contribution is 5.98. The Labute approximate surface area is 442 Å². The van der Waals surface area contributed by atoms with E-state index < -0.39 is 61.7 Å². The van der Waals surface area contributed by atoms with Crippen molar-refractivity contribution >= 4 is 28.6 Å². The molecule has 420 valence electrons. The second-order valence-corrected chi connectivity index (χ2v) is 21.4. The lowest BCUT2D eigenvalue weighted by atomic mass is 9.98. The van der Waals surface area contributed by atoms with Crippen LogP contribution >= 0.6 is 0 Å². The number of aliphatic hydroxyl groups is 5. The van der Waals surface area contributed by atoms with Gasteiger partial charge in [-0.2, -0.15) is 0 Å². The van der Waals surface area contributed by atoms with Gasteiger partial charge in [0.1, 0.15) is 37.1 Å². The number of aromatic nitrogens is 1. The van der Waals surface area contributed by atoms with Crippen LogP contribution in [0.15, 0.2) is 36.5 Å². The number of carbonyl (C=O) groups is 2. The van der Waals surface area contributed by atoms with Gasteiger partial charge in [0.25, 0.3) is 0 Å². The third kappa shape index (κ3) is 29.3. The maximum Gasteiger partial charge on any atom is 0.411 e. The number of pyridine rings is 1. The van der Waals surface area contributed by atoms with E-state index in [0.717, 1.165) is 44.9 Å². The Morgan fingerprint density at radius 1 is 0.589 bits per heavy atom. The van der Waals surface area contributed by atoms with E-state index in [1.807, 2.05) is 18.2 Å². The molecular formula is C60H105N3O10. The number of para-hydroxylation sites is 1. The first-order valence-electron chi connectivity index (χ1n) is 29.9. The molecule has 0 radical (unpaired) electrons. The minimum Gasteiger partial charge on any atom is -0.446 e. The standard InChI is InChI=1S/C60H105N3O10/c1-3-5-7-9-11-13-15-17-18-19-20-21-22-23-24-25-26-27-29-31-33-35-37-43-54(65)62-51(55(66)52(64)42-36-34-32-30-28-16-14-12-10-8-6-4-2)46-71-59-58(69)57(68)56(67)53(73-59)47-72-60(70)63-50-44-45-61-49-41-39-38-40-48(49)50/h38-41,44-45,51-53,55-59,64,66-69H,3-37,42-43,46-47H2,1-2H3,(H,62,65)(H,61,63,70)/t51-,52+,53+,55-,56-,57-,58+,59-/m0/s1. The molecular weight excluding hydrogens is 923 g/mol. The number of anilines is 1. The van der Waals surface area contributed by atoms with Crippen LogP contribution in [0.4, 0.5) is 10.5 Å².